The molecule has 1 aromatic rings. The maximum atomic E-state index is 13.4. The molecule has 0 aliphatic carbocycles. The number of esters is 2. The van der Waals surface area contributed by atoms with Gasteiger partial charge in [0, 0.05) is 0 Å². The zero-order valence-electron chi connectivity index (χ0n) is 16.7. The van der Waals surface area contributed by atoms with E-state index in [1.54, 1.807) is 18.2 Å². The first-order valence-electron chi connectivity index (χ1n) is 9.31. The van der Waals surface area contributed by atoms with Gasteiger partial charge in [0.15, 0.2) is 0 Å². The molecule has 0 amide bonds. The number of rotatable bonds is 7. The lowest BCUT2D eigenvalue weighted by Gasteiger charge is -2.34. The van der Waals surface area contributed by atoms with E-state index in [1.807, 2.05) is 45.0 Å². The van der Waals surface area contributed by atoms with E-state index in [2.05, 4.69) is 0 Å². The van der Waals surface area contributed by atoms with Crippen molar-refractivity contribution in [1.82, 2.24) is 4.31 Å². The van der Waals surface area contributed by atoms with Crippen molar-refractivity contribution < 1.29 is 23.3 Å². The number of benzene rings is 1. The third-order valence-corrected chi connectivity index (χ3v) is 6.31. The van der Waals surface area contributed by atoms with Crippen LogP contribution in [-0.4, -0.2) is 38.4 Å². The van der Waals surface area contributed by atoms with Gasteiger partial charge in [-0.1, -0.05) is 24.3 Å². The summed E-state index contributed by atoms with van der Waals surface area (Å²) in [6.45, 7) is 9.76. The Bertz CT molecular complexity index is 666. The molecule has 1 aliphatic heterocycles. The highest BCUT2D eigenvalue weighted by Gasteiger charge is 2.46. The predicted molar refractivity (Wildman–Crippen MR) is 104 cm³/mol. The van der Waals surface area contributed by atoms with Gasteiger partial charge in [-0.25, -0.2) is 8.51 Å². The van der Waals surface area contributed by atoms with Crippen molar-refractivity contribution >= 4 is 22.9 Å². The van der Waals surface area contributed by atoms with Gasteiger partial charge in [0.1, 0.15) is 11.0 Å². The fourth-order valence-corrected chi connectivity index (χ4v) is 4.78. The number of carbonyl (C=O) groups is 2. The number of carbonyl (C=O) groups excluding carboxylic acids is 2. The van der Waals surface area contributed by atoms with Gasteiger partial charge in [-0.3, -0.25) is 9.59 Å². The van der Waals surface area contributed by atoms with Crippen LogP contribution in [0.3, 0.4) is 0 Å². The quantitative estimate of drug-likeness (QED) is 0.661. The molecule has 0 saturated carbocycles. The van der Waals surface area contributed by atoms with Gasteiger partial charge in [-0.2, -0.15) is 0 Å². The molecule has 0 spiro atoms. The van der Waals surface area contributed by atoms with Crippen molar-refractivity contribution in [3.05, 3.63) is 35.4 Å². The molecule has 150 valence electrons. The lowest BCUT2D eigenvalue weighted by atomic mass is 9.99. The van der Waals surface area contributed by atoms with E-state index >= 15 is 0 Å². The Morgan fingerprint density at radius 1 is 0.963 bits per heavy atom. The third-order valence-electron chi connectivity index (χ3n) is 4.37. The Morgan fingerprint density at radius 3 is 1.70 bits per heavy atom. The average Bonchev–Trinajstić information content (AvgIpc) is 2.87. The van der Waals surface area contributed by atoms with Crippen LogP contribution in [-0.2, 0) is 30.0 Å². The minimum absolute atomic E-state index is 0.0893. The van der Waals surface area contributed by atoms with E-state index in [1.165, 1.54) is 0 Å². The molecule has 0 N–H and O–H groups in total. The van der Waals surface area contributed by atoms with Gasteiger partial charge < -0.3 is 9.47 Å². The molecule has 0 fully saturated rings. The normalized spacial score (nSPS) is 20.8. The van der Waals surface area contributed by atoms with Crippen LogP contribution in [0.1, 0.15) is 70.7 Å². The van der Waals surface area contributed by atoms with Crippen LogP contribution in [0.15, 0.2) is 24.3 Å². The van der Waals surface area contributed by atoms with Crippen LogP contribution in [0.4, 0.5) is 0 Å². The topological polar surface area (TPSA) is 72.9 Å². The Balaban J connectivity index is 2.47. The first-order chi connectivity index (χ1) is 12.7. The highest BCUT2D eigenvalue weighted by molar-refractivity contribution is 7.84. The SMILES string of the molecule is CCOC(=O)C[C@@H]1c2ccccc2[C@H](CC(=O)OCC)N1[S@](=O)C(C)(C)C. The summed E-state index contributed by atoms with van der Waals surface area (Å²) in [5, 5.41) is 0. The van der Waals surface area contributed by atoms with Crippen LogP contribution in [0, 0.1) is 0 Å². The second-order valence-electron chi connectivity index (χ2n) is 7.40. The van der Waals surface area contributed by atoms with Crippen molar-refractivity contribution in [1.29, 1.82) is 0 Å². The van der Waals surface area contributed by atoms with E-state index in [9.17, 15) is 13.8 Å². The first-order valence-corrected chi connectivity index (χ1v) is 10.4. The summed E-state index contributed by atoms with van der Waals surface area (Å²) in [5.41, 5.74) is 1.83. The maximum Gasteiger partial charge on any atom is 0.307 e. The van der Waals surface area contributed by atoms with Crippen LogP contribution < -0.4 is 0 Å². The van der Waals surface area contributed by atoms with Gasteiger partial charge in [0.2, 0.25) is 0 Å². The number of ether oxygens (including phenoxy) is 2. The Kier molecular flexibility index (Phi) is 7.17. The number of hydrogen-bond acceptors (Lipinski definition) is 5. The molecule has 0 radical (unpaired) electrons. The van der Waals surface area contributed by atoms with Crippen molar-refractivity contribution in [2.24, 2.45) is 0 Å². The predicted octanol–water partition coefficient (Wildman–Crippen LogP) is 3.45. The summed E-state index contributed by atoms with van der Waals surface area (Å²) >= 11 is 0. The number of hydrogen-bond donors (Lipinski definition) is 0. The molecular formula is C20H29NO5S. The van der Waals surface area contributed by atoms with E-state index in [0.29, 0.717) is 13.2 Å². The zero-order chi connectivity index (χ0) is 20.2. The standard InChI is InChI=1S/C20H29NO5S/c1-6-25-18(22)12-16-14-10-8-9-11-15(14)17(13-19(23)26-7-2)21(16)27(24)20(3,4)5/h8-11,16-17H,6-7,12-13H2,1-5H3/t16-,17+,27-/m1/s1. The van der Waals surface area contributed by atoms with Crippen LogP contribution in [0.2, 0.25) is 0 Å². The summed E-state index contributed by atoms with van der Waals surface area (Å²) < 4.78 is 24.9. The third kappa shape index (κ3) is 4.96. The van der Waals surface area contributed by atoms with Gasteiger partial charge in [0.05, 0.1) is 42.9 Å². The second kappa shape index (κ2) is 8.97. The van der Waals surface area contributed by atoms with Gasteiger partial charge >= 0.3 is 11.9 Å². The average molecular weight is 396 g/mol. The van der Waals surface area contributed by atoms with Crippen molar-refractivity contribution in [2.75, 3.05) is 13.2 Å². The molecule has 27 heavy (non-hydrogen) atoms. The molecule has 1 aromatic carbocycles. The van der Waals surface area contributed by atoms with Crippen LogP contribution in [0.5, 0.6) is 0 Å². The van der Waals surface area contributed by atoms with Gasteiger partial charge in [-0.05, 0) is 45.7 Å². The lowest BCUT2D eigenvalue weighted by molar-refractivity contribution is -0.144. The molecule has 0 aromatic heterocycles. The minimum Gasteiger partial charge on any atom is -0.466 e. The van der Waals surface area contributed by atoms with Crippen LogP contribution in [0.25, 0.3) is 0 Å². The molecule has 7 heteroatoms. The number of fused-ring (bicyclic) bond motifs is 1. The van der Waals surface area contributed by atoms with Gasteiger partial charge in [0.25, 0.3) is 0 Å². The lowest BCUT2D eigenvalue weighted by Crippen LogP contribution is -2.40. The fraction of sp³-hybridized carbons (Fsp3) is 0.600. The molecule has 0 saturated heterocycles. The largest absolute Gasteiger partial charge is 0.466 e. The Labute approximate surface area is 163 Å². The van der Waals surface area contributed by atoms with Crippen LogP contribution >= 0.6 is 0 Å². The molecular weight excluding hydrogens is 366 g/mol. The molecule has 2 rings (SSSR count). The summed E-state index contributed by atoms with van der Waals surface area (Å²) in [6, 6.07) is 6.83. The van der Waals surface area contributed by atoms with Crippen molar-refractivity contribution in [2.45, 2.75) is 64.3 Å². The first kappa shape index (κ1) is 21.6. The van der Waals surface area contributed by atoms with E-state index in [0.717, 1.165) is 11.1 Å². The summed E-state index contributed by atoms with van der Waals surface area (Å²) in [4.78, 5) is 24.4. The van der Waals surface area contributed by atoms with Crippen molar-refractivity contribution in [3.8, 4) is 0 Å². The highest BCUT2D eigenvalue weighted by Crippen LogP contribution is 2.48. The summed E-state index contributed by atoms with van der Waals surface area (Å²) in [5.74, 6) is -0.685. The molecule has 0 bridgehead atoms. The molecule has 1 aliphatic rings. The molecule has 3 atom stereocenters. The molecule has 0 unspecified atom stereocenters. The van der Waals surface area contributed by atoms with E-state index in [-0.39, 0.29) is 24.8 Å². The highest BCUT2D eigenvalue weighted by atomic mass is 32.2. The van der Waals surface area contributed by atoms with E-state index < -0.39 is 27.8 Å². The van der Waals surface area contributed by atoms with Gasteiger partial charge in [-0.15, -0.1) is 0 Å². The summed E-state index contributed by atoms with van der Waals surface area (Å²) in [6.07, 6.45) is 0.179. The monoisotopic (exact) mass is 395 g/mol. The van der Waals surface area contributed by atoms with E-state index in [4.69, 9.17) is 9.47 Å². The number of nitrogens with zero attached hydrogens (tertiary/aromatic N) is 1. The Hall–Kier alpha value is -1.73. The summed E-state index contributed by atoms with van der Waals surface area (Å²) in [7, 11) is -1.42. The zero-order valence-corrected chi connectivity index (χ0v) is 17.5. The second-order valence-corrected chi connectivity index (χ2v) is 9.54. The maximum absolute atomic E-state index is 13.4. The minimum atomic E-state index is -1.42. The Morgan fingerprint density at radius 2 is 1.37 bits per heavy atom. The van der Waals surface area contributed by atoms with Crippen molar-refractivity contribution in [3.63, 3.8) is 0 Å². The molecule has 6 nitrogen and oxygen atoms in total. The fourth-order valence-electron chi connectivity index (χ4n) is 3.31. The molecule has 1 heterocycles. The smallest absolute Gasteiger partial charge is 0.307 e.